The molecule has 84 valence electrons. The average molecular weight is 206 g/mol. The predicted octanol–water partition coefficient (Wildman–Crippen LogP) is 3.34. The van der Waals surface area contributed by atoms with Gasteiger partial charge >= 0.3 is 0 Å². The predicted molar refractivity (Wildman–Crippen MR) is 52.5 cm³/mol. The minimum Gasteiger partial charge on any atom is -0.371 e. The summed E-state index contributed by atoms with van der Waals surface area (Å²) in [6.07, 6.45) is -0.912. The van der Waals surface area contributed by atoms with Crippen molar-refractivity contribution in [2.24, 2.45) is 17.8 Å². The minimum absolute atomic E-state index is 0.000000000000000444. The summed E-state index contributed by atoms with van der Waals surface area (Å²) in [4.78, 5) is 0. The molecule has 0 amide bonds. The van der Waals surface area contributed by atoms with Crippen molar-refractivity contribution in [3.63, 3.8) is 0 Å². The number of hydrogen-bond donors (Lipinski definition) is 0. The molecule has 0 aromatic rings. The number of ether oxygens (including phenoxy) is 1. The summed E-state index contributed by atoms with van der Waals surface area (Å²) < 4.78 is 32.5. The fourth-order valence-electron chi connectivity index (χ4n) is 1.98. The van der Waals surface area contributed by atoms with Crippen molar-refractivity contribution < 1.29 is 13.5 Å². The Morgan fingerprint density at radius 2 is 1.71 bits per heavy atom. The van der Waals surface area contributed by atoms with Crippen LogP contribution in [0.4, 0.5) is 8.78 Å². The molecule has 0 radical (unpaired) electrons. The van der Waals surface area contributed by atoms with Gasteiger partial charge in [-0.2, -0.15) is 0 Å². The molecule has 0 saturated carbocycles. The van der Waals surface area contributed by atoms with Gasteiger partial charge in [0.25, 0.3) is 5.92 Å². The molecule has 1 fully saturated rings. The van der Waals surface area contributed by atoms with E-state index in [4.69, 9.17) is 4.74 Å². The van der Waals surface area contributed by atoms with Crippen LogP contribution >= 0.6 is 0 Å². The van der Waals surface area contributed by atoms with Crippen LogP contribution in [-0.2, 0) is 4.74 Å². The van der Waals surface area contributed by atoms with Crippen molar-refractivity contribution in [3.8, 4) is 0 Å². The SMILES string of the molecule is CC(C)C1COC(C(C)C)C(F)(F)C1. The van der Waals surface area contributed by atoms with E-state index in [1.165, 1.54) is 0 Å². The molecule has 1 aliphatic rings. The lowest BCUT2D eigenvalue weighted by molar-refractivity contribution is -0.209. The van der Waals surface area contributed by atoms with Gasteiger partial charge in [-0.3, -0.25) is 0 Å². The van der Waals surface area contributed by atoms with Crippen LogP contribution < -0.4 is 0 Å². The van der Waals surface area contributed by atoms with Gasteiger partial charge in [0.15, 0.2) is 0 Å². The molecule has 0 aromatic carbocycles. The van der Waals surface area contributed by atoms with Crippen molar-refractivity contribution in [2.45, 2.75) is 46.1 Å². The van der Waals surface area contributed by atoms with E-state index in [0.717, 1.165) is 0 Å². The second kappa shape index (κ2) is 4.13. The Bertz CT molecular complexity index is 190. The van der Waals surface area contributed by atoms with Gasteiger partial charge in [0.1, 0.15) is 6.10 Å². The maximum Gasteiger partial charge on any atom is 0.274 e. The Labute approximate surface area is 84.8 Å². The third-order valence-corrected chi connectivity index (χ3v) is 2.99. The van der Waals surface area contributed by atoms with Gasteiger partial charge in [-0.15, -0.1) is 0 Å². The van der Waals surface area contributed by atoms with Crippen molar-refractivity contribution in [1.82, 2.24) is 0 Å². The molecule has 14 heavy (non-hydrogen) atoms. The zero-order valence-corrected chi connectivity index (χ0v) is 9.39. The highest BCUT2D eigenvalue weighted by Gasteiger charge is 2.48. The zero-order valence-electron chi connectivity index (χ0n) is 9.39. The molecular formula is C11H20F2O. The zero-order chi connectivity index (χ0) is 10.9. The molecule has 0 spiro atoms. The third-order valence-electron chi connectivity index (χ3n) is 2.99. The molecule has 3 heteroatoms. The van der Waals surface area contributed by atoms with Crippen molar-refractivity contribution in [2.75, 3.05) is 6.61 Å². The molecule has 0 aromatic heterocycles. The molecule has 0 N–H and O–H groups in total. The third kappa shape index (κ3) is 2.44. The standard InChI is InChI=1S/C11H20F2O/c1-7(2)9-5-11(12,13)10(8(3)4)14-6-9/h7-10H,5-6H2,1-4H3. The largest absolute Gasteiger partial charge is 0.371 e. The van der Waals surface area contributed by atoms with Crippen LogP contribution in [0.15, 0.2) is 0 Å². The second-order valence-electron chi connectivity index (χ2n) is 4.97. The molecule has 2 atom stereocenters. The Morgan fingerprint density at radius 3 is 2.07 bits per heavy atom. The van der Waals surface area contributed by atoms with E-state index < -0.39 is 12.0 Å². The van der Waals surface area contributed by atoms with E-state index in [9.17, 15) is 8.78 Å². The number of rotatable bonds is 2. The molecule has 1 rings (SSSR count). The fourth-order valence-corrected chi connectivity index (χ4v) is 1.98. The van der Waals surface area contributed by atoms with Crippen LogP contribution in [0.1, 0.15) is 34.1 Å². The molecule has 1 heterocycles. The highest BCUT2D eigenvalue weighted by atomic mass is 19.3. The summed E-state index contributed by atoms with van der Waals surface area (Å²) in [5.74, 6) is -2.49. The van der Waals surface area contributed by atoms with Crippen LogP contribution in [0.2, 0.25) is 0 Å². The van der Waals surface area contributed by atoms with Crippen molar-refractivity contribution >= 4 is 0 Å². The smallest absolute Gasteiger partial charge is 0.274 e. The summed E-state index contributed by atoms with van der Waals surface area (Å²) in [5, 5.41) is 0. The lowest BCUT2D eigenvalue weighted by atomic mass is 9.84. The number of halogens is 2. The molecule has 1 aliphatic heterocycles. The topological polar surface area (TPSA) is 9.23 Å². The van der Waals surface area contributed by atoms with Gasteiger partial charge in [0.2, 0.25) is 0 Å². The molecule has 0 aliphatic carbocycles. The Morgan fingerprint density at radius 1 is 1.14 bits per heavy atom. The summed E-state index contributed by atoms with van der Waals surface area (Å²) in [6, 6.07) is 0. The molecule has 2 unspecified atom stereocenters. The number of alkyl halides is 2. The fraction of sp³-hybridized carbons (Fsp3) is 1.00. The van der Waals surface area contributed by atoms with Gasteiger partial charge in [-0.05, 0) is 17.8 Å². The first-order valence-corrected chi connectivity index (χ1v) is 5.34. The van der Waals surface area contributed by atoms with Gasteiger partial charge in [0.05, 0.1) is 6.61 Å². The highest BCUT2D eigenvalue weighted by Crippen LogP contribution is 2.39. The van der Waals surface area contributed by atoms with Gasteiger partial charge < -0.3 is 4.74 Å². The molecule has 1 saturated heterocycles. The quantitative estimate of drug-likeness (QED) is 0.673. The van der Waals surface area contributed by atoms with E-state index in [0.29, 0.717) is 6.61 Å². The lowest BCUT2D eigenvalue weighted by Gasteiger charge is -2.39. The Kier molecular flexibility index (Phi) is 3.51. The van der Waals surface area contributed by atoms with E-state index >= 15 is 0 Å². The first-order valence-electron chi connectivity index (χ1n) is 5.34. The summed E-state index contributed by atoms with van der Waals surface area (Å²) in [7, 11) is 0. The van der Waals surface area contributed by atoms with E-state index in [1.54, 1.807) is 13.8 Å². The number of hydrogen-bond acceptors (Lipinski definition) is 1. The van der Waals surface area contributed by atoms with Crippen molar-refractivity contribution in [1.29, 1.82) is 0 Å². The monoisotopic (exact) mass is 206 g/mol. The Balaban J connectivity index is 2.65. The van der Waals surface area contributed by atoms with Crippen molar-refractivity contribution in [3.05, 3.63) is 0 Å². The summed E-state index contributed by atoms with van der Waals surface area (Å²) in [6.45, 7) is 8.00. The van der Waals surface area contributed by atoms with E-state index in [2.05, 4.69) is 0 Å². The normalized spacial score (nSPS) is 32.6. The van der Waals surface area contributed by atoms with E-state index in [1.807, 2.05) is 13.8 Å². The second-order valence-corrected chi connectivity index (χ2v) is 4.97. The van der Waals surface area contributed by atoms with Crippen LogP contribution in [0.3, 0.4) is 0 Å². The Hall–Kier alpha value is -0.180. The van der Waals surface area contributed by atoms with Crippen LogP contribution in [0, 0.1) is 17.8 Å². The van der Waals surface area contributed by atoms with Gasteiger partial charge in [-0.25, -0.2) is 8.78 Å². The summed E-state index contributed by atoms with van der Waals surface area (Å²) >= 11 is 0. The maximum absolute atomic E-state index is 13.6. The first kappa shape index (κ1) is 11.9. The highest BCUT2D eigenvalue weighted by molar-refractivity contribution is 4.88. The first-order chi connectivity index (χ1) is 6.34. The molecule has 0 bridgehead atoms. The molecular weight excluding hydrogens is 186 g/mol. The minimum atomic E-state index is -2.65. The average Bonchev–Trinajstić information content (AvgIpc) is 2.01. The lowest BCUT2D eigenvalue weighted by Crippen LogP contribution is -2.47. The van der Waals surface area contributed by atoms with Crippen LogP contribution in [-0.4, -0.2) is 18.6 Å². The summed E-state index contributed by atoms with van der Waals surface area (Å²) in [5.41, 5.74) is 0. The van der Waals surface area contributed by atoms with Crippen LogP contribution in [0.5, 0.6) is 0 Å². The maximum atomic E-state index is 13.6. The van der Waals surface area contributed by atoms with E-state index in [-0.39, 0.29) is 24.2 Å². The van der Waals surface area contributed by atoms with Gasteiger partial charge in [0, 0.05) is 6.42 Å². The van der Waals surface area contributed by atoms with Gasteiger partial charge in [-0.1, -0.05) is 27.7 Å². The molecule has 1 nitrogen and oxygen atoms in total. The van der Waals surface area contributed by atoms with Crippen LogP contribution in [0.25, 0.3) is 0 Å².